The van der Waals surface area contributed by atoms with Gasteiger partial charge in [0.25, 0.3) is 5.91 Å². The van der Waals surface area contributed by atoms with Crippen LogP contribution in [0.3, 0.4) is 0 Å². The molecule has 0 unspecified atom stereocenters. The van der Waals surface area contributed by atoms with Gasteiger partial charge in [0.2, 0.25) is 10.0 Å². The number of hydrogen-bond donors (Lipinski definition) is 0. The Morgan fingerprint density at radius 3 is 2.38 bits per heavy atom. The molecule has 2 heterocycles. The third-order valence-electron chi connectivity index (χ3n) is 6.16. The summed E-state index contributed by atoms with van der Waals surface area (Å²) in [6.07, 6.45) is 3.28. The molecule has 2 aliphatic heterocycles. The second-order valence-corrected chi connectivity index (χ2v) is 10.1. The highest BCUT2D eigenvalue weighted by molar-refractivity contribution is 7.89. The van der Waals surface area contributed by atoms with Gasteiger partial charge in [-0.2, -0.15) is 4.31 Å². The fourth-order valence-electron chi connectivity index (χ4n) is 4.13. The van der Waals surface area contributed by atoms with Gasteiger partial charge in [-0.1, -0.05) is 13.0 Å². The van der Waals surface area contributed by atoms with Gasteiger partial charge >= 0.3 is 0 Å². The van der Waals surface area contributed by atoms with E-state index in [9.17, 15) is 13.2 Å². The van der Waals surface area contributed by atoms with E-state index >= 15 is 0 Å². The molecule has 4 rings (SSSR count). The Hall–Kier alpha value is -1.48. The first kappa shape index (κ1) is 20.8. The molecule has 0 bridgehead atoms. The first-order valence-electron chi connectivity index (χ1n) is 10.7. The zero-order valence-corrected chi connectivity index (χ0v) is 18.0. The maximum atomic E-state index is 13.2. The van der Waals surface area contributed by atoms with Gasteiger partial charge in [0, 0.05) is 51.4 Å². The topological polar surface area (TPSA) is 70.2 Å². The van der Waals surface area contributed by atoms with Crippen LogP contribution >= 0.6 is 0 Å². The molecule has 0 aromatic heterocycles. The number of piperazine rings is 1. The van der Waals surface area contributed by atoms with E-state index in [4.69, 9.17) is 4.74 Å². The lowest BCUT2D eigenvalue weighted by molar-refractivity contribution is 0.0631. The number of morpholine rings is 1. The maximum absolute atomic E-state index is 13.2. The molecule has 7 nitrogen and oxygen atoms in total. The average molecular weight is 422 g/mol. The number of benzene rings is 1. The Labute approximate surface area is 173 Å². The zero-order valence-electron chi connectivity index (χ0n) is 17.2. The van der Waals surface area contributed by atoms with Gasteiger partial charge in [-0.05, 0) is 42.9 Å². The van der Waals surface area contributed by atoms with Gasteiger partial charge < -0.3 is 9.64 Å². The van der Waals surface area contributed by atoms with E-state index in [1.807, 2.05) is 11.8 Å². The van der Waals surface area contributed by atoms with Crippen molar-refractivity contribution in [2.45, 2.75) is 31.1 Å². The zero-order chi connectivity index (χ0) is 20.4. The van der Waals surface area contributed by atoms with Gasteiger partial charge in [0.1, 0.15) is 0 Å². The summed E-state index contributed by atoms with van der Waals surface area (Å²) >= 11 is 0. The van der Waals surface area contributed by atoms with Crippen LogP contribution in [-0.2, 0) is 21.2 Å². The van der Waals surface area contributed by atoms with Crippen LogP contribution < -0.4 is 0 Å². The van der Waals surface area contributed by atoms with Crippen LogP contribution in [0, 0.1) is 5.92 Å². The standard InChI is InChI=1S/C21H31N3O4S/c1-2-18-5-6-19(15-20(18)29(26,27)24-11-13-28-14-12-24)21(25)23-9-7-22(8-10-23)16-17-3-4-17/h5-6,15,17H,2-4,7-14,16H2,1H3. The summed E-state index contributed by atoms with van der Waals surface area (Å²) in [5, 5.41) is 0. The molecule has 1 aromatic carbocycles. The highest BCUT2D eigenvalue weighted by Crippen LogP contribution is 2.30. The van der Waals surface area contributed by atoms with E-state index < -0.39 is 10.0 Å². The van der Waals surface area contributed by atoms with Gasteiger partial charge in [-0.25, -0.2) is 8.42 Å². The Bertz CT molecular complexity index is 839. The minimum atomic E-state index is -3.63. The summed E-state index contributed by atoms with van der Waals surface area (Å²) in [6, 6.07) is 5.16. The molecule has 8 heteroatoms. The normalized spacial score (nSPS) is 22.0. The summed E-state index contributed by atoms with van der Waals surface area (Å²) in [6.45, 7) is 7.80. The van der Waals surface area contributed by atoms with E-state index in [1.165, 1.54) is 17.1 Å². The monoisotopic (exact) mass is 421 g/mol. The Kier molecular flexibility index (Phi) is 6.24. The molecule has 1 aromatic rings. The molecular formula is C21H31N3O4S. The molecular weight excluding hydrogens is 390 g/mol. The molecule has 3 aliphatic rings. The van der Waals surface area contributed by atoms with Crippen LogP contribution in [0.25, 0.3) is 0 Å². The molecule has 0 atom stereocenters. The highest BCUT2D eigenvalue weighted by atomic mass is 32.2. The van der Waals surface area contributed by atoms with E-state index in [1.54, 1.807) is 18.2 Å². The third kappa shape index (κ3) is 4.66. The average Bonchev–Trinajstić information content (AvgIpc) is 3.58. The summed E-state index contributed by atoms with van der Waals surface area (Å²) < 4.78 is 33.2. The van der Waals surface area contributed by atoms with Gasteiger partial charge in [0.05, 0.1) is 18.1 Å². The quantitative estimate of drug-likeness (QED) is 0.695. The van der Waals surface area contributed by atoms with E-state index in [-0.39, 0.29) is 10.8 Å². The van der Waals surface area contributed by atoms with Crippen LogP contribution in [-0.4, -0.2) is 87.5 Å². The van der Waals surface area contributed by atoms with Gasteiger partial charge in [0.15, 0.2) is 0 Å². The number of ether oxygens (including phenoxy) is 1. The fraction of sp³-hybridized carbons (Fsp3) is 0.667. The smallest absolute Gasteiger partial charge is 0.253 e. The molecule has 2 saturated heterocycles. The van der Waals surface area contributed by atoms with Crippen molar-refractivity contribution in [3.05, 3.63) is 29.3 Å². The Morgan fingerprint density at radius 2 is 1.76 bits per heavy atom. The number of rotatable bonds is 6. The molecule has 3 fully saturated rings. The molecule has 29 heavy (non-hydrogen) atoms. The van der Waals surface area contributed by atoms with E-state index in [0.717, 1.165) is 31.1 Å². The lowest BCUT2D eigenvalue weighted by Crippen LogP contribution is -2.49. The fourth-order valence-corrected chi connectivity index (χ4v) is 5.86. The van der Waals surface area contributed by atoms with Gasteiger partial charge in [-0.3, -0.25) is 9.69 Å². The predicted molar refractivity (Wildman–Crippen MR) is 110 cm³/mol. The number of sulfonamides is 1. The van der Waals surface area contributed by atoms with Crippen LogP contribution in [0.5, 0.6) is 0 Å². The number of amides is 1. The van der Waals surface area contributed by atoms with Crippen molar-refractivity contribution in [2.75, 3.05) is 59.0 Å². The van der Waals surface area contributed by atoms with Crippen molar-refractivity contribution in [3.8, 4) is 0 Å². The third-order valence-corrected chi connectivity index (χ3v) is 8.14. The second kappa shape index (κ2) is 8.71. The number of hydrogen-bond acceptors (Lipinski definition) is 5. The van der Waals surface area contributed by atoms with Crippen molar-refractivity contribution in [1.82, 2.24) is 14.1 Å². The molecule has 1 saturated carbocycles. The maximum Gasteiger partial charge on any atom is 0.253 e. The molecule has 160 valence electrons. The number of nitrogens with zero attached hydrogens (tertiary/aromatic N) is 3. The SMILES string of the molecule is CCc1ccc(C(=O)N2CCN(CC3CC3)CC2)cc1S(=O)(=O)N1CCOCC1. The van der Waals surface area contributed by atoms with Crippen LogP contribution in [0.2, 0.25) is 0 Å². The van der Waals surface area contributed by atoms with Crippen molar-refractivity contribution in [1.29, 1.82) is 0 Å². The van der Waals surface area contributed by atoms with Crippen molar-refractivity contribution in [2.24, 2.45) is 5.92 Å². The minimum Gasteiger partial charge on any atom is -0.379 e. The van der Waals surface area contributed by atoms with Crippen LogP contribution in [0.15, 0.2) is 23.1 Å². The van der Waals surface area contributed by atoms with Crippen molar-refractivity contribution >= 4 is 15.9 Å². The summed E-state index contributed by atoms with van der Waals surface area (Å²) in [5.74, 6) is 0.781. The van der Waals surface area contributed by atoms with Crippen molar-refractivity contribution < 1.29 is 17.9 Å². The molecule has 1 amide bonds. The Morgan fingerprint density at radius 1 is 1.07 bits per heavy atom. The minimum absolute atomic E-state index is 0.0721. The number of aryl methyl sites for hydroxylation is 1. The predicted octanol–water partition coefficient (Wildman–Crippen LogP) is 1.44. The van der Waals surface area contributed by atoms with Gasteiger partial charge in [-0.15, -0.1) is 0 Å². The molecule has 0 N–H and O–H groups in total. The summed E-state index contributed by atoms with van der Waals surface area (Å²) in [7, 11) is -3.63. The van der Waals surface area contributed by atoms with E-state index in [0.29, 0.717) is 51.4 Å². The molecule has 1 aliphatic carbocycles. The second-order valence-electron chi connectivity index (χ2n) is 8.23. The largest absolute Gasteiger partial charge is 0.379 e. The lowest BCUT2D eigenvalue weighted by atomic mass is 10.1. The Balaban J connectivity index is 1.50. The van der Waals surface area contributed by atoms with Crippen molar-refractivity contribution in [3.63, 3.8) is 0 Å². The number of carbonyl (C=O) groups is 1. The van der Waals surface area contributed by atoms with Crippen LogP contribution in [0.4, 0.5) is 0 Å². The molecule has 0 radical (unpaired) electrons. The summed E-state index contributed by atoms with van der Waals surface area (Å²) in [5.41, 5.74) is 1.21. The summed E-state index contributed by atoms with van der Waals surface area (Å²) in [4.78, 5) is 17.6. The highest BCUT2D eigenvalue weighted by Gasteiger charge is 2.31. The number of carbonyl (C=O) groups excluding carboxylic acids is 1. The molecule has 0 spiro atoms. The van der Waals surface area contributed by atoms with E-state index in [2.05, 4.69) is 4.90 Å². The lowest BCUT2D eigenvalue weighted by Gasteiger charge is -2.35. The first-order chi connectivity index (χ1) is 14.0. The van der Waals surface area contributed by atoms with Crippen LogP contribution in [0.1, 0.15) is 35.7 Å². The first-order valence-corrected chi connectivity index (χ1v) is 12.2.